The molecule has 0 aliphatic heterocycles. The van der Waals surface area contributed by atoms with Crippen molar-refractivity contribution in [2.45, 2.75) is 6.92 Å². The molecule has 0 saturated carbocycles. The van der Waals surface area contributed by atoms with Crippen molar-refractivity contribution < 1.29 is 9.18 Å². The highest BCUT2D eigenvalue weighted by Crippen LogP contribution is 2.18. The number of hydrogen-bond donors (Lipinski definition) is 1. The third-order valence-electron chi connectivity index (χ3n) is 3.53. The fourth-order valence-electron chi connectivity index (χ4n) is 2.30. The van der Waals surface area contributed by atoms with Crippen LogP contribution in [0.1, 0.15) is 15.9 Å². The van der Waals surface area contributed by atoms with Gasteiger partial charge in [-0.3, -0.25) is 14.2 Å². The van der Waals surface area contributed by atoms with E-state index < -0.39 is 17.3 Å². The number of aromatic nitrogens is 2. The van der Waals surface area contributed by atoms with Crippen LogP contribution in [0.3, 0.4) is 0 Å². The predicted octanol–water partition coefficient (Wildman–Crippen LogP) is 3.59. The van der Waals surface area contributed by atoms with Gasteiger partial charge in [0.1, 0.15) is 5.82 Å². The molecule has 7 heteroatoms. The Labute approximate surface area is 147 Å². The van der Waals surface area contributed by atoms with Crippen LogP contribution in [0.25, 0.3) is 5.69 Å². The zero-order valence-corrected chi connectivity index (χ0v) is 13.9. The van der Waals surface area contributed by atoms with Gasteiger partial charge in [0.05, 0.1) is 10.7 Å². The fourth-order valence-corrected chi connectivity index (χ4v) is 2.48. The molecule has 0 atom stereocenters. The molecule has 0 bridgehead atoms. The van der Waals surface area contributed by atoms with E-state index in [1.54, 1.807) is 18.2 Å². The maximum Gasteiger partial charge on any atom is 0.298 e. The highest BCUT2D eigenvalue weighted by atomic mass is 35.5. The second kappa shape index (κ2) is 6.86. The van der Waals surface area contributed by atoms with Crippen molar-refractivity contribution in [3.63, 3.8) is 0 Å². The minimum Gasteiger partial charge on any atom is -0.302 e. The van der Waals surface area contributed by atoms with Crippen LogP contribution in [-0.2, 0) is 0 Å². The third-order valence-corrected chi connectivity index (χ3v) is 3.82. The third kappa shape index (κ3) is 3.59. The number of rotatable bonds is 3. The van der Waals surface area contributed by atoms with Gasteiger partial charge in [0.25, 0.3) is 11.5 Å². The molecule has 3 rings (SSSR count). The van der Waals surface area contributed by atoms with Gasteiger partial charge in [-0.05, 0) is 37.3 Å². The van der Waals surface area contributed by atoms with Gasteiger partial charge in [0, 0.05) is 18.0 Å². The molecule has 25 heavy (non-hydrogen) atoms. The Balaban J connectivity index is 1.95. The SMILES string of the molecule is Cc1cccc(C(=O)Nc2nccn(-c3ccc(F)c(Cl)c3)c2=O)c1. The van der Waals surface area contributed by atoms with Gasteiger partial charge in [0.15, 0.2) is 5.82 Å². The van der Waals surface area contributed by atoms with E-state index >= 15 is 0 Å². The Morgan fingerprint density at radius 2 is 2.04 bits per heavy atom. The van der Waals surface area contributed by atoms with E-state index in [1.807, 2.05) is 13.0 Å². The summed E-state index contributed by atoms with van der Waals surface area (Å²) < 4.78 is 14.5. The summed E-state index contributed by atoms with van der Waals surface area (Å²) in [6, 6.07) is 10.9. The smallest absolute Gasteiger partial charge is 0.298 e. The highest BCUT2D eigenvalue weighted by molar-refractivity contribution is 6.30. The minimum absolute atomic E-state index is 0.105. The van der Waals surface area contributed by atoms with Crippen molar-refractivity contribution in [1.82, 2.24) is 9.55 Å². The molecule has 0 radical (unpaired) electrons. The number of aryl methyl sites for hydroxylation is 1. The summed E-state index contributed by atoms with van der Waals surface area (Å²) in [6.45, 7) is 1.86. The number of amides is 1. The summed E-state index contributed by atoms with van der Waals surface area (Å²) in [6.07, 6.45) is 2.78. The average molecular weight is 358 g/mol. The summed E-state index contributed by atoms with van der Waals surface area (Å²) in [4.78, 5) is 28.8. The first-order valence-electron chi connectivity index (χ1n) is 7.37. The Bertz CT molecular complexity index is 1020. The molecule has 1 amide bonds. The standard InChI is InChI=1S/C18H13ClFN3O2/c1-11-3-2-4-12(9-11)17(24)22-16-18(25)23(8-7-21-16)13-5-6-15(20)14(19)10-13/h2-10H,1H3,(H,21,22,24). The second-order valence-electron chi connectivity index (χ2n) is 5.37. The van der Waals surface area contributed by atoms with Crippen LogP contribution in [0.5, 0.6) is 0 Å². The number of carbonyl (C=O) groups is 1. The van der Waals surface area contributed by atoms with Gasteiger partial charge >= 0.3 is 0 Å². The van der Waals surface area contributed by atoms with Gasteiger partial charge in [0.2, 0.25) is 0 Å². The number of anilines is 1. The van der Waals surface area contributed by atoms with Crippen LogP contribution < -0.4 is 10.9 Å². The molecular weight excluding hydrogens is 345 g/mol. The molecular formula is C18H13ClFN3O2. The number of benzene rings is 2. The summed E-state index contributed by atoms with van der Waals surface area (Å²) in [5, 5.41) is 2.39. The lowest BCUT2D eigenvalue weighted by Crippen LogP contribution is -2.26. The van der Waals surface area contributed by atoms with E-state index in [1.165, 1.54) is 29.1 Å². The fraction of sp³-hybridized carbons (Fsp3) is 0.0556. The molecule has 0 spiro atoms. The monoisotopic (exact) mass is 357 g/mol. The van der Waals surface area contributed by atoms with Crippen LogP contribution in [0.15, 0.2) is 59.7 Å². The molecule has 0 saturated heterocycles. The van der Waals surface area contributed by atoms with Crippen LogP contribution in [-0.4, -0.2) is 15.5 Å². The van der Waals surface area contributed by atoms with E-state index in [9.17, 15) is 14.0 Å². The van der Waals surface area contributed by atoms with Crippen molar-refractivity contribution in [3.8, 4) is 5.69 Å². The predicted molar refractivity (Wildman–Crippen MR) is 93.9 cm³/mol. The van der Waals surface area contributed by atoms with Crippen molar-refractivity contribution in [3.05, 3.63) is 87.2 Å². The number of nitrogens with one attached hydrogen (secondary N) is 1. The van der Waals surface area contributed by atoms with E-state index in [0.717, 1.165) is 11.6 Å². The molecule has 0 aliphatic carbocycles. The minimum atomic E-state index is -0.583. The Hall–Kier alpha value is -2.99. The molecule has 0 aliphatic rings. The quantitative estimate of drug-likeness (QED) is 0.779. The van der Waals surface area contributed by atoms with Gasteiger partial charge in [-0.2, -0.15) is 0 Å². The van der Waals surface area contributed by atoms with E-state index in [-0.39, 0.29) is 10.8 Å². The lowest BCUT2D eigenvalue weighted by molar-refractivity contribution is 0.102. The second-order valence-corrected chi connectivity index (χ2v) is 5.78. The Kier molecular flexibility index (Phi) is 4.63. The lowest BCUT2D eigenvalue weighted by atomic mass is 10.1. The molecule has 3 aromatic rings. The average Bonchev–Trinajstić information content (AvgIpc) is 2.59. The molecule has 1 N–H and O–H groups in total. The molecule has 5 nitrogen and oxygen atoms in total. The van der Waals surface area contributed by atoms with Gasteiger partial charge in [-0.1, -0.05) is 29.3 Å². The van der Waals surface area contributed by atoms with Crippen molar-refractivity contribution in [2.75, 3.05) is 5.32 Å². The topological polar surface area (TPSA) is 64.0 Å². The van der Waals surface area contributed by atoms with Gasteiger partial charge < -0.3 is 5.32 Å². The van der Waals surface area contributed by atoms with Gasteiger partial charge in [-0.15, -0.1) is 0 Å². The number of carbonyl (C=O) groups excluding carboxylic acids is 1. The summed E-state index contributed by atoms with van der Waals surface area (Å²) in [7, 11) is 0. The van der Waals surface area contributed by atoms with Crippen LogP contribution in [0, 0.1) is 12.7 Å². The Morgan fingerprint density at radius 1 is 1.24 bits per heavy atom. The maximum absolute atomic E-state index is 13.3. The van der Waals surface area contributed by atoms with Crippen LogP contribution >= 0.6 is 11.6 Å². The number of nitrogens with zero attached hydrogens (tertiary/aromatic N) is 2. The first-order valence-corrected chi connectivity index (χ1v) is 7.74. The highest BCUT2D eigenvalue weighted by Gasteiger charge is 2.12. The zero-order valence-electron chi connectivity index (χ0n) is 13.2. The Morgan fingerprint density at radius 3 is 2.76 bits per heavy atom. The zero-order chi connectivity index (χ0) is 18.0. The molecule has 1 heterocycles. The normalized spacial score (nSPS) is 10.5. The first kappa shape index (κ1) is 16.9. The maximum atomic E-state index is 13.3. The summed E-state index contributed by atoms with van der Waals surface area (Å²) in [5.41, 5.74) is 1.16. The van der Waals surface area contributed by atoms with Crippen LogP contribution in [0.2, 0.25) is 5.02 Å². The van der Waals surface area contributed by atoms with Gasteiger partial charge in [-0.25, -0.2) is 9.37 Å². The van der Waals surface area contributed by atoms with E-state index in [0.29, 0.717) is 11.3 Å². The number of hydrogen-bond acceptors (Lipinski definition) is 3. The molecule has 0 unspecified atom stereocenters. The molecule has 126 valence electrons. The lowest BCUT2D eigenvalue weighted by Gasteiger charge is -2.09. The summed E-state index contributed by atoms with van der Waals surface area (Å²) in [5.74, 6) is -1.15. The first-order chi connectivity index (χ1) is 12.0. The van der Waals surface area contributed by atoms with Crippen molar-refractivity contribution in [1.29, 1.82) is 0 Å². The van der Waals surface area contributed by atoms with Crippen molar-refractivity contribution in [2.24, 2.45) is 0 Å². The van der Waals surface area contributed by atoms with Crippen molar-refractivity contribution >= 4 is 23.3 Å². The molecule has 0 fully saturated rings. The summed E-state index contributed by atoms with van der Waals surface area (Å²) >= 11 is 5.76. The largest absolute Gasteiger partial charge is 0.302 e. The molecule has 2 aromatic carbocycles. The van der Waals surface area contributed by atoms with Crippen LogP contribution in [0.4, 0.5) is 10.2 Å². The number of halogens is 2. The van der Waals surface area contributed by atoms with E-state index in [4.69, 9.17) is 11.6 Å². The van der Waals surface area contributed by atoms with E-state index in [2.05, 4.69) is 10.3 Å². The molecule has 1 aromatic heterocycles.